The molecule has 3 N–H and O–H groups in total. The molecule has 0 spiro atoms. The molecule has 0 aliphatic carbocycles. The van der Waals surface area contributed by atoms with E-state index in [0.717, 1.165) is 0 Å². The van der Waals surface area contributed by atoms with Crippen molar-refractivity contribution in [2.45, 2.75) is 11.7 Å². The summed E-state index contributed by atoms with van der Waals surface area (Å²) in [5, 5.41) is 2.89. The van der Waals surface area contributed by atoms with E-state index in [2.05, 4.69) is 20.3 Å². The predicted octanol–water partition coefficient (Wildman–Crippen LogP) is 2.12. The molecule has 4 rings (SSSR count). The number of hydrogen-bond acceptors (Lipinski definition) is 8. The van der Waals surface area contributed by atoms with Crippen LogP contribution >= 0.6 is 11.8 Å². The molecular weight excluding hydrogens is 416 g/mol. The fourth-order valence-corrected chi connectivity index (χ4v) is 4.68. The van der Waals surface area contributed by atoms with Crippen molar-refractivity contribution < 1.29 is 23.0 Å². The first-order chi connectivity index (χ1) is 14.4. The number of amidine groups is 1. The summed E-state index contributed by atoms with van der Waals surface area (Å²) < 4.78 is 39.8. The molecule has 11 heteroatoms. The van der Waals surface area contributed by atoms with E-state index in [1.54, 1.807) is 0 Å². The number of nitrogens with one attached hydrogen (secondary N) is 1. The lowest BCUT2D eigenvalue weighted by Crippen LogP contribution is -2.53. The Balaban J connectivity index is 1.67. The molecule has 1 amide bonds. The highest BCUT2D eigenvalue weighted by molar-refractivity contribution is 8.13. The second-order valence-corrected chi connectivity index (χ2v) is 7.96. The summed E-state index contributed by atoms with van der Waals surface area (Å²) in [4.78, 5) is 24.8. The van der Waals surface area contributed by atoms with Crippen LogP contribution in [0.1, 0.15) is 16.1 Å². The molecule has 3 atom stereocenters. The molecule has 2 aromatic rings. The molecule has 30 heavy (non-hydrogen) atoms. The number of halogens is 2. The molecule has 1 aromatic heterocycles. The van der Waals surface area contributed by atoms with E-state index in [9.17, 15) is 13.6 Å². The lowest BCUT2D eigenvalue weighted by molar-refractivity contribution is -0.0526. The van der Waals surface area contributed by atoms with Crippen molar-refractivity contribution in [1.29, 1.82) is 0 Å². The van der Waals surface area contributed by atoms with Crippen LogP contribution in [0.3, 0.4) is 0 Å². The van der Waals surface area contributed by atoms with Crippen molar-refractivity contribution in [1.82, 2.24) is 9.97 Å². The largest absolute Gasteiger partial charge is 0.480 e. The maximum absolute atomic E-state index is 14.9. The van der Waals surface area contributed by atoms with Gasteiger partial charge in [0.05, 0.1) is 32.7 Å². The van der Waals surface area contributed by atoms with E-state index < -0.39 is 29.4 Å². The number of anilines is 1. The Bertz CT molecular complexity index is 991. The zero-order chi connectivity index (χ0) is 21.3. The third kappa shape index (κ3) is 3.70. The van der Waals surface area contributed by atoms with E-state index >= 15 is 0 Å². The highest BCUT2D eigenvalue weighted by Gasteiger charge is 2.51. The Morgan fingerprint density at radius 1 is 1.40 bits per heavy atom. The van der Waals surface area contributed by atoms with Gasteiger partial charge in [-0.05, 0) is 18.2 Å². The average molecular weight is 435 g/mol. The van der Waals surface area contributed by atoms with Crippen molar-refractivity contribution in [3.63, 3.8) is 0 Å². The van der Waals surface area contributed by atoms with Crippen LogP contribution in [0.4, 0.5) is 14.5 Å². The van der Waals surface area contributed by atoms with Crippen molar-refractivity contribution >= 4 is 28.5 Å². The minimum Gasteiger partial charge on any atom is -0.480 e. The van der Waals surface area contributed by atoms with Crippen LogP contribution in [0.15, 0.2) is 35.6 Å². The lowest BCUT2D eigenvalue weighted by Gasteiger charge is -2.45. The Morgan fingerprint density at radius 3 is 2.97 bits per heavy atom. The molecule has 8 nitrogen and oxygen atoms in total. The molecule has 2 aliphatic rings. The summed E-state index contributed by atoms with van der Waals surface area (Å²) in [5.74, 6) is -1.09. The lowest BCUT2D eigenvalue weighted by atomic mass is 9.75. The molecule has 2 aliphatic heterocycles. The number of carbonyl (C=O) groups excluding carboxylic acids is 1. The number of aromatic nitrogens is 2. The third-order valence-electron chi connectivity index (χ3n) is 5.13. The van der Waals surface area contributed by atoms with Gasteiger partial charge in [0.1, 0.15) is 23.2 Å². The molecule has 3 heterocycles. The SMILES string of the molecule is COc1cnc(C(=O)Nc2ccc(F)c([C@]34COCC(F)C3CSC(N)=N4)c2)cn1. The second kappa shape index (κ2) is 8.15. The maximum Gasteiger partial charge on any atom is 0.275 e. The van der Waals surface area contributed by atoms with Gasteiger partial charge in [0.15, 0.2) is 5.17 Å². The van der Waals surface area contributed by atoms with Gasteiger partial charge in [0.2, 0.25) is 5.88 Å². The zero-order valence-corrected chi connectivity index (χ0v) is 16.8. The molecular formula is C19H19F2N5O3S. The number of carbonyl (C=O) groups is 1. The van der Waals surface area contributed by atoms with Gasteiger partial charge in [-0.15, -0.1) is 0 Å². The number of ether oxygens (including phenoxy) is 2. The second-order valence-electron chi connectivity index (χ2n) is 6.92. The van der Waals surface area contributed by atoms with Crippen LogP contribution < -0.4 is 15.8 Å². The minimum atomic E-state index is -1.31. The number of methoxy groups -OCH3 is 1. The zero-order valence-electron chi connectivity index (χ0n) is 16.0. The van der Waals surface area contributed by atoms with Crippen LogP contribution in [-0.4, -0.2) is 53.3 Å². The summed E-state index contributed by atoms with van der Waals surface area (Å²) >= 11 is 1.24. The first-order valence-electron chi connectivity index (χ1n) is 9.10. The van der Waals surface area contributed by atoms with Crippen molar-refractivity contribution in [2.75, 3.05) is 31.4 Å². The van der Waals surface area contributed by atoms with Gasteiger partial charge in [-0.3, -0.25) is 4.79 Å². The molecule has 0 bridgehead atoms. The van der Waals surface area contributed by atoms with E-state index in [4.69, 9.17) is 15.2 Å². The van der Waals surface area contributed by atoms with E-state index in [1.807, 2.05) is 0 Å². The first-order valence-corrected chi connectivity index (χ1v) is 10.1. The van der Waals surface area contributed by atoms with Gasteiger partial charge >= 0.3 is 0 Å². The Hall–Kier alpha value is -2.79. The number of fused-ring (bicyclic) bond motifs is 1. The quantitative estimate of drug-likeness (QED) is 0.757. The molecule has 1 fully saturated rings. The predicted molar refractivity (Wildman–Crippen MR) is 108 cm³/mol. The van der Waals surface area contributed by atoms with Crippen LogP contribution in [-0.2, 0) is 10.3 Å². The third-order valence-corrected chi connectivity index (χ3v) is 6.04. The Morgan fingerprint density at radius 2 is 2.23 bits per heavy atom. The summed E-state index contributed by atoms with van der Waals surface area (Å²) in [6, 6.07) is 4.04. The van der Waals surface area contributed by atoms with Crippen molar-refractivity contribution in [3.05, 3.63) is 47.7 Å². The standard InChI is InChI=1S/C19H19F2N5O3S/c1-28-16-6-23-15(5-24-16)17(27)25-10-2-3-13(20)11(4-10)19-9-29-7-14(21)12(19)8-30-18(22)26-19/h2-6,12,14H,7-9H2,1H3,(H2,22,26)(H,25,27)/t12?,14?,19-/m1/s1. The smallest absolute Gasteiger partial charge is 0.275 e. The highest BCUT2D eigenvalue weighted by Crippen LogP contribution is 2.46. The summed E-state index contributed by atoms with van der Waals surface area (Å²) in [6.07, 6.45) is 1.27. The molecule has 0 saturated carbocycles. The fourth-order valence-electron chi connectivity index (χ4n) is 3.62. The van der Waals surface area contributed by atoms with Gasteiger partial charge < -0.3 is 20.5 Å². The van der Waals surface area contributed by atoms with Gasteiger partial charge in [-0.25, -0.2) is 23.7 Å². The minimum absolute atomic E-state index is 0.00236. The van der Waals surface area contributed by atoms with E-state index in [0.29, 0.717) is 11.4 Å². The summed E-state index contributed by atoms with van der Waals surface area (Å²) in [6.45, 7) is -0.0752. The number of hydrogen-bond donors (Lipinski definition) is 2. The van der Waals surface area contributed by atoms with Crippen molar-refractivity contribution in [3.8, 4) is 5.88 Å². The topological polar surface area (TPSA) is 112 Å². The number of nitrogens with two attached hydrogens (primary N) is 1. The fraction of sp³-hybridized carbons (Fsp3) is 0.368. The van der Waals surface area contributed by atoms with E-state index in [-0.39, 0.29) is 35.5 Å². The van der Waals surface area contributed by atoms with Gasteiger partial charge in [0.25, 0.3) is 5.91 Å². The monoisotopic (exact) mass is 435 g/mol. The Labute approximate surface area is 175 Å². The van der Waals surface area contributed by atoms with Crippen LogP contribution in [0.5, 0.6) is 5.88 Å². The number of amides is 1. The molecule has 158 valence electrons. The van der Waals surface area contributed by atoms with Gasteiger partial charge in [-0.1, -0.05) is 11.8 Å². The number of nitrogens with zero attached hydrogens (tertiary/aromatic N) is 3. The average Bonchev–Trinajstić information content (AvgIpc) is 2.75. The highest BCUT2D eigenvalue weighted by atomic mass is 32.2. The van der Waals surface area contributed by atoms with Crippen LogP contribution in [0.25, 0.3) is 0 Å². The van der Waals surface area contributed by atoms with Gasteiger partial charge in [-0.2, -0.15) is 0 Å². The number of alkyl halides is 1. The molecule has 1 aromatic carbocycles. The van der Waals surface area contributed by atoms with Gasteiger partial charge in [0, 0.05) is 22.9 Å². The summed E-state index contributed by atoms with van der Waals surface area (Å²) in [7, 11) is 1.44. The van der Waals surface area contributed by atoms with Crippen LogP contribution in [0.2, 0.25) is 0 Å². The summed E-state index contributed by atoms with van der Waals surface area (Å²) in [5.41, 5.74) is 5.08. The maximum atomic E-state index is 14.9. The van der Waals surface area contributed by atoms with E-state index in [1.165, 1.54) is 49.5 Å². The number of benzene rings is 1. The first kappa shape index (κ1) is 20.5. The normalized spacial score (nSPS) is 25.8. The number of aliphatic imine (C=N–C) groups is 1. The Kier molecular flexibility index (Phi) is 5.56. The number of rotatable bonds is 4. The van der Waals surface area contributed by atoms with Crippen molar-refractivity contribution in [2.24, 2.45) is 16.6 Å². The molecule has 1 saturated heterocycles. The molecule has 2 unspecified atom stereocenters. The van der Waals surface area contributed by atoms with Crippen LogP contribution in [0, 0.1) is 11.7 Å². The number of thioether (sulfide) groups is 1. The molecule has 0 radical (unpaired) electrons.